The number of rotatable bonds is 6. The number of carbonyl (C=O) groups excluding carboxylic acids is 1. The molecule has 134 valence electrons. The van der Waals surface area contributed by atoms with Crippen LogP contribution in [0.3, 0.4) is 0 Å². The molecule has 0 unspecified atom stereocenters. The monoisotopic (exact) mass is 387 g/mol. The molecule has 0 aliphatic carbocycles. The van der Waals surface area contributed by atoms with E-state index in [0.29, 0.717) is 10.8 Å². The van der Waals surface area contributed by atoms with Crippen LogP contribution in [-0.2, 0) is 11.3 Å². The molecule has 0 fully saturated rings. The van der Waals surface area contributed by atoms with Crippen molar-refractivity contribution in [1.82, 2.24) is 19.7 Å². The summed E-state index contributed by atoms with van der Waals surface area (Å²) >= 11 is 2.87. The number of nitrogens with zero attached hydrogens (tertiary/aromatic N) is 4. The van der Waals surface area contributed by atoms with E-state index in [1.165, 1.54) is 28.3 Å². The number of hydrogen-bond acceptors (Lipinski definition) is 7. The molecule has 0 aliphatic heterocycles. The van der Waals surface area contributed by atoms with Crippen LogP contribution in [0, 0.1) is 6.92 Å². The number of hydrogen-bond donors (Lipinski definition) is 1. The number of aromatic nitrogens is 4. The highest BCUT2D eigenvalue weighted by Crippen LogP contribution is 2.24. The second kappa shape index (κ2) is 8.24. The van der Waals surface area contributed by atoms with E-state index < -0.39 is 0 Å². The fraction of sp³-hybridized carbons (Fsp3) is 0.235. The fourth-order valence-corrected chi connectivity index (χ4v) is 3.85. The maximum Gasteiger partial charge on any atom is 0.254 e. The Morgan fingerprint density at radius 3 is 2.73 bits per heavy atom. The third-order valence-electron chi connectivity index (χ3n) is 3.46. The zero-order valence-corrected chi connectivity index (χ0v) is 15.9. The Balaban J connectivity index is 1.68. The predicted octanol–water partition coefficient (Wildman–Crippen LogP) is 2.82. The molecule has 7 nitrogen and oxygen atoms in total. The van der Waals surface area contributed by atoms with Crippen molar-refractivity contribution in [2.24, 2.45) is 0 Å². The van der Waals surface area contributed by atoms with Gasteiger partial charge in [0.15, 0.2) is 4.34 Å². The standard InChI is InChI=1S/C17H17N5O2S2/c1-3-25-17-21-20-16(26-17)19-14(23)9-22-10-18-13(8-15(22)24)12-6-4-11(2)5-7-12/h4-8,10H,3,9H2,1-2H3,(H,19,20,23). The van der Waals surface area contributed by atoms with Crippen LogP contribution in [0.5, 0.6) is 0 Å². The van der Waals surface area contributed by atoms with Gasteiger partial charge >= 0.3 is 0 Å². The van der Waals surface area contributed by atoms with Crippen LogP contribution in [0.1, 0.15) is 12.5 Å². The quantitative estimate of drug-likeness (QED) is 0.517. The number of thioether (sulfide) groups is 1. The van der Waals surface area contributed by atoms with Gasteiger partial charge in [0.25, 0.3) is 5.56 Å². The van der Waals surface area contributed by atoms with Gasteiger partial charge < -0.3 is 0 Å². The van der Waals surface area contributed by atoms with Crippen molar-refractivity contribution < 1.29 is 4.79 Å². The molecular weight excluding hydrogens is 370 g/mol. The second-order valence-electron chi connectivity index (χ2n) is 5.46. The minimum Gasteiger partial charge on any atom is -0.299 e. The van der Waals surface area contributed by atoms with E-state index in [9.17, 15) is 9.59 Å². The van der Waals surface area contributed by atoms with Crippen molar-refractivity contribution in [1.29, 1.82) is 0 Å². The molecule has 1 N–H and O–H groups in total. The molecule has 1 aromatic carbocycles. The lowest BCUT2D eigenvalue weighted by Crippen LogP contribution is -2.27. The minimum atomic E-state index is -0.346. The molecule has 0 saturated heterocycles. The molecule has 0 aliphatic rings. The first-order valence-corrected chi connectivity index (χ1v) is 9.75. The first-order valence-electron chi connectivity index (χ1n) is 7.95. The maximum absolute atomic E-state index is 12.3. The van der Waals surface area contributed by atoms with Gasteiger partial charge in [-0.25, -0.2) is 4.98 Å². The van der Waals surface area contributed by atoms with E-state index in [4.69, 9.17) is 0 Å². The number of aryl methyl sites for hydroxylation is 1. The largest absolute Gasteiger partial charge is 0.299 e. The Bertz CT molecular complexity index is 966. The molecule has 26 heavy (non-hydrogen) atoms. The Morgan fingerprint density at radius 2 is 2.04 bits per heavy atom. The summed E-state index contributed by atoms with van der Waals surface area (Å²) < 4.78 is 2.06. The topological polar surface area (TPSA) is 89.8 Å². The van der Waals surface area contributed by atoms with Crippen molar-refractivity contribution in [3.63, 3.8) is 0 Å². The molecule has 3 aromatic rings. The first kappa shape index (κ1) is 18.3. The van der Waals surface area contributed by atoms with Crippen molar-refractivity contribution >= 4 is 34.1 Å². The van der Waals surface area contributed by atoms with Crippen LogP contribution >= 0.6 is 23.1 Å². The highest BCUT2D eigenvalue weighted by Gasteiger charge is 2.10. The molecule has 1 amide bonds. The van der Waals surface area contributed by atoms with Crippen LogP contribution in [0.15, 0.2) is 45.8 Å². The summed E-state index contributed by atoms with van der Waals surface area (Å²) in [6.07, 6.45) is 1.38. The SMILES string of the molecule is CCSc1nnc(NC(=O)Cn2cnc(-c3ccc(C)cc3)cc2=O)s1. The van der Waals surface area contributed by atoms with Crippen molar-refractivity contribution in [2.45, 2.75) is 24.7 Å². The van der Waals surface area contributed by atoms with Gasteiger partial charge in [-0.05, 0) is 12.7 Å². The fourth-order valence-electron chi connectivity index (χ4n) is 2.18. The summed E-state index contributed by atoms with van der Waals surface area (Å²) in [5.41, 5.74) is 2.29. The third-order valence-corrected chi connectivity index (χ3v) is 5.32. The summed E-state index contributed by atoms with van der Waals surface area (Å²) in [4.78, 5) is 28.7. The van der Waals surface area contributed by atoms with Gasteiger partial charge in [0.05, 0.1) is 12.0 Å². The van der Waals surface area contributed by atoms with E-state index in [2.05, 4.69) is 20.5 Å². The normalized spacial score (nSPS) is 10.7. The van der Waals surface area contributed by atoms with E-state index in [1.807, 2.05) is 38.1 Å². The zero-order valence-electron chi connectivity index (χ0n) is 14.3. The van der Waals surface area contributed by atoms with Crippen LogP contribution < -0.4 is 10.9 Å². The second-order valence-corrected chi connectivity index (χ2v) is 7.95. The lowest BCUT2D eigenvalue weighted by Gasteiger charge is -2.06. The summed E-state index contributed by atoms with van der Waals surface area (Å²) in [7, 11) is 0. The molecular formula is C17H17N5O2S2. The van der Waals surface area contributed by atoms with Gasteiger partial charge in [0.1, 0.15) is 6.54 Å². The molecule has 0 saturated carbocycles. The van der Waals surface area contributed by atoms with Crippen molar-refractivity contribution in [3.05, 3.63) is 52.6 Å². The van der Waals surface area contributed by atoms with E-state index in [0.717, 1.165) is 21.2 Å². The van der Waals surface area contributed by atoms with Gasteiger partial charge in [0, 0.05) is 11.6 Å². The van der Waals surface area contributed by atoms with Gasteiger partial charge in [0.2, 0.25) is 11.0 Å². The number of carbonyl (C=O) groups is 1. The highest BCUT2D eigenvalue weighted by atomic mass is 32.2. The lowest BCUT2D eigenvalue weighted by atomic mass is 10.1. The number of nitrogens with one attached hydrogen (secondary N) is 1. The molecule has 2 aromatic heterocycles. The van der Waals surface area contributed by atoms with Gasteiger partial charge in [-0.3, -0.25) is 19.5 Å². The smallest absolute Gasteiger partial charge is 0.254 e. The minimum absolute atomic E-state index is 0.129. The van der Waals surface area contributed by atoms with Gasteiger partial charge in [-0.2, -0.15) is 0 Å². The maximum atomic E-state index is 12.3. The number of benzene rings is 1. The predicted molar refractivity (Wildman–Crippen MR) is 104 cm³/mol. The number of amides is 1. The van der Waals surface area contributed by atoms with E-state index in [-0.39, 0.29) is 18.0 Å². The van der Waals surface area contributed by atoms with Crippen molar-refractivity contribution in [3.8, 4) is 11.3 Å². The Hall–Kier alpha value is -2.52. The Labute approximate surface area is 158 Å². The molecule has 9 heteroatoms. The lowest BCUT2D eigenvalue weighted by molar-refractivity contribution is -0.116. The summed E-state index contributed by atoms with van der Waals surface area (Å²) in [5.74, 6) is 0.540. The van der Waals surface area contributed by atoms with Gasteiger partial charge in [-0.15, -0.1) is 10.2 Å². The van der Waals surface area contributed by atoms with Crippen LogP contribution in [-0.4, -0.2) is 31.4 Å². The van der Waals surface area contributed by atoms with E-state index >= 15 is 0 Å². The average molecular weight is 387 g/mol. The number of anilines is 1. The molecule has 0 radical (unpaired) electrons. The molecule has 0 bridgehead atoms. The summed E-state index contributed by atoms with van der Waals surface area (Å²) in [6, 6.07) is 9.18. The van der Waals surface area contributed by atoms with E-state index in [1.54, 1.807) is 11.8 Å². The molecule has 2 heterocycles. The highest BCUT2D eigenvalue weighted by molar-refractivity contribution is 8.01. The summed E-state index contributed by atoms with van der Waals surface area (Å²) in [5, 5.41) is 11.0. The summed E-state index contributed by atoms with van der Waals surface area (Å²) in [6.45, 7) is 3.88. The van der Waals surface area contributed by atoms with Crippen molar-refractivity contribution in [2.75, 3.05) is 11.1 Å². The molecule has 3 rings (SSSR count). The van der Waals surface area contributed by atoms with Crippen LogP contribution in [0.4, 0.5) is 5.13 Å². The van der Waals surface area contributed by atoms with Crippen LogP contribution in [0.25, 0.3) is 11.3 Å². The molecule has 0 atom stereocenters. The third kappa shape index (κ3) is 4.55. The first-order chi connectivity index (χ1) is 12.5. The Kier molecular flexibility index (Phi) is 5.79. The molecule has 0 spiro atoms. The van der Waals surface area contributed by atoms with Gasteiger partial charge in [-0.1, -0.05) is 59.9 Å². The average Bonchev–Trinajstić information content (AvgIpc) is 3.04. The zero-order chi connectivity index (χ0) is 18.5. The van der Waals surface area contributed by atoms with Crippen LogP contribution in [0.2, 0.25) is 0 Å². The Morgan fingerprint density at radius 1 is 1.27 bits per heavy atom.